The van der Waals surface area contributed by atoms with E-state index in [9.17, 15) is 9.59 Å². The maximum absolute atomic E-state index is 11.6. The van der Waals surface area contributed by atoms with E-state index in [1.54, 1.807) is 13.2 Å². The van der Waals surface area contributed by atoms with Crippen LogP contribution in [0.1, 0.15) is 24.6 Å². The molecule has 0 saturated heterocycles. The van der Waals surface area contributed by atoms with Gasteiger partial charge in [0.05, 0.1) is 0 Å². The van der Waals surface area contributed by atoms with Gasteiger partial charge in [0.1, 0.15) is 5.69 Å². The van der Waals surface area contributed by atoms with Gasteiger partial charge >= 0.3 is 0 Å². The molecule has 94 valence electrons. The number of carbonyl (C=O) groups excluding carboxylic acids is 1. The third kappa shape index (κ3) is 4.03. The second-order valence-electron chi connectivity index (χ2n) is 3.94. The molecule has 2 N–H and O–H groups in total. The van der Waals surface area contributed by atoms with Crippen LogP contribution < -0.4 is 10.9 Å². The minimum absolute atomic E-state index is 0.248. The molecule has 0 aromatic carbocycles. The number of aryl methyl sites for hydroxylation is 2. The Bertz CT molecular complexity index is 452. The van der Waals surface area contributed by atoms with Crippen molar-refractivity contribution in [2.45, 2.75) is 26.7 Å². The monoisotopic (exact) mass is 238 g/mol. The van der Waals surface area contributed by atoms with Crippen LogP contribution in [0.25, 0.3) is 0 Å². The summed E-state index contributed by atoms with van der Waals surface area (Å²) in [6.07, 6.45) is 1.69. The fourth-order valence-corrected chi connectivity index (χ4v) is 1.62. The molecule has 1 rings (SSSR count). The molecular formula is C12H18N2O3. The molecule has 0 fully saturated rings. The molecule has 0 bridgehead atoms. The van der Waals surface area contributed by atoms with Crippen molar-refractivity contribution in [2.75, 3.05) is 19.0 Å². The number of methoxy groups -OCH3 is 1. The van der Waals surface area contributed by atoms with E-state index in [0.717, 1.165) is 24.1 Å². The molecule has 0 aliphatic heterocycles. The smallest absolute Gasteiger partial charge is 0.271 e. The predicted octanol–water partition coefficient (Wildman–Crippen LogP) is 1.22. The van der Waals surface area contributed by atoms with Crippen LogP contribution in [0, 0.1) is 6.92 Å². The molecule has 1 amide bonds. The molecular weight excluding hydrogens is 220 g/mol. The van der Waals surface area contributed by atoms with Gasteiger partial charge in [-0.2, -0.15) is 0 Å². The molecule has 0 spiro atoms. The Morgan fingerprint density at radius 1 is 1.53 bits per heavy atom. The zero-order valence-electron chi connectivity index (χ0n) is 10.4. The van der Waals surface area contributed by atoms with Gasteiger partial charge in [-0.05, 0) is 31.4 Å². The van der Waals surface area contributed by atoms with Crippen molar-refractivity contribution >= 4 is 11.6 Å². The Labute approximate surface area is 100 Å². The first kappa shape index (κ1) is 13.4. The lowest BCUT2D eigenvalue weighted by atomic mass is 10.1. The highest BCUT2D eigenvalue weighted by Gasteiger charge is 2.06. The van der Waals surface area contributed by atoms with Gasteiger partial charge in [-0.1, -0.05) is 0 Å². The van der Waals surface area contributed by atoms with Crippen LogP contribution in [0.15, 0.2) is 10.9 Å². The van der Waals surface area contributed by atoms with Gasteiger partial charge in [0.2, 0.25) is 5.91 Å². The molecule has 5 heteroatoms. The van der Waals surface area contributed by atoms with E-state index >= 15 is 0 Å². The normalized spacial score (nSPS) is 10.3. The average Bonchev–Trinajstić information content (AvgIpc) is 2.24. The zero-order chi connectivity index (χ0) is 12.8. The summed E-state index contributed by atoms with van der Waals surface area (Å²) in [5.41, 5.74) is 1.88. The molecule has 0 unspecified atom stereocenters. The van der Waals surface area contributed by atoms with E-state index in [4.69, 9.17) is 4.74 Å². The predicted molar refractivity (Wildman–Crippen MR) is 66.3 cm³/mol. The molecule has 1 heterocycles. The van der Waals surface area contributed by atoms with Gasteiger partial charge in [0.15, 0.2) is 0 Å². The van der Waals surface area contributed by atoms with Crippen LogP contribution >= 0.6 is 0 Å². The molecule has 0 saturated carbocycles. The number of H-pyrrole nitrogens is 1. The fourth-order valence-electron chi connectivity index (χ4n) is 1.62. The SMILES string of the molecule is COCCCc1cc(NC(C)=O)c(=O)[nH]c1C. The first-order chi connectivity index (χ1) is 8.04. The number of ether oxygens (including phenoxy) is 1. The van der Waals surface area contributed by atoms with Gasteiger partial charge in [-0.15, -0.1) is 0 Å². The van der Waals surface area contributed by atoms with Crippen LogP contribution in [0.3, 0.4) is 0 Å². The maximum Gasteiger partial charge on any atom is 0.271 e. The lowest BCUT2D eigenvalue weighted by Gasteiger charge is -2.08. The summed E-state index contributed by atoms with van der Waals surface area (Å²) in [6, 6.07) is 1.73. The minimum Gasteiger partial charge on any atom is -0.385 e. The minimum atomic E-state index is -0.270. The van der Waals surface area contributed by atoms with Crippen LogP contribution in [0.4, 0.5) is 5.69 Å². The van der Waals surface area contributed by atoms with Crippen LogP contribution in [0.2, 0.25) is 0 Å². The first-order valence-corrected chi connectivity index (χ1v) is 5.54. The Kier molecular flexibility index (Phi) is 4.90. The van der Waals surface area contributed by atoms with Crippen molar-refractivity contribution in [1.29, 1.82) is 0 Å². The molecule has 17 heavy (non-hydrogen) atoms. The first-order valence-electron chi connectivity index (χ1n) is 5.54. The molecule has 0 aliphatic carbocycles. The quantitative estimate of drug-likeness (QED) is 0.758. The van der Waals surface area contributed by atoms with Gasteiger partial charge in [-0.3, -0.25) is 9.59 Å². The average molecular weight is 238 g/mol. The Balaban J connectivity index is 2.89. The van der Waals surface area contributed by atoms with Crippen molar-refractivity contribution in [2.24, 2.45) is 0 Å². The lowest BCUT2D eigenvalue weighted by Crippen LogP contribution is -2.19. The summed E-state index contributed by atoms with van der Waals surface area (Å²) in [5.74, 6) is -0.248. The summed E-state index contributed by atoms with van der Waals surface area (Å²) in [6.45, 7) is 3.90. The van der Waals surface area contributed by atoms with Crippen LogP contribution in [-0.4, -0.2) is 24.6 Å². The van der Waals surface area contributed by atoms with Gasteiger partial charge in [-0.25, -0.2) is 0 Å². The van der Waals surface area contributed by atoms with E-state index < -0.39 is 0 Å². The Morgan fingerprint density at radius 2 is 2.24 bits per heavy atom. The van der Waals surface area contributed by atoms with E-state index in [2.05, 4.69) is 10.3 Å². The van der Waals surface area contributed by atoms with Crippen LogP contribution in [-0.2, 0) is 16.0 Å². The number of pyridine rings is 1. The molecule has 5 nitrogen and oxygen atoms in total. The zero-order valence-corrected chi connectivity index (χ0v) is 10.4. The number of nitrogens with one attached hydrogen (secondary N) is 2. The van der Waals surface area contributed by atoms with E-state index in [0.29, 0.717) is 12.3 Å². The summed E-state index contributed by atoms with van der Waals surface area (Å²) in [7, 11) is 1.66. The fraction of sp³-hybridized carbons (Fsp3) is 0.500. The standard InChI is InChI=1S/C12H18N2O3/c1-8-10(5-4-6-17-3)7-11(12(16)13-8)14-9(2)15/h7H,4-6H2,1-3H3,(H,13,16)(H,14,15). The summed E-state index contributed by atoms with van der Waals surface area (Å²) in [4.78, 5) is 25.2. The lowest BCUT2D eigenvalue weighted by molar-refractivity contribution is -0.114. The molecule has 0 aliphatic rings. The highest BCUT2D eigenvalue weighted by Crippen LogP contribution is 2.11. The number of aromatic nitrogens is 1. The second-order valence-corrected chi connectivity index (χ2v) is 3.94. The van der Waals surface area contributed by atoms with Gasteiger partial charge in [0, 0.05) is 26.3 Å². The van der Waals surface area contributed by atoms with E-state index in [-0.39, 0.29) is 11.5 Å². The molecule has 1 aromatic heterocycles. The summed E-state index contributed by atoms with van der Waals surface area (Å²) in [5, 5.41) is 2.52. The van der Waals surface area contributed by atoms with Crippen LogP contribution in [0.5, 0.6) is 0 Å². The largest absolute Gasteiger partial charge is 0.385 e. The number of hydrogen-bond acceptors (Lipinski definition) is 3. The van der Waals surface area contributed by atoms with Crippen molar-refractivity contribution < 1.29 is 9.53 Å². The Morgan fingerprint density at radius 3 is 2.82 bits per heavy atom. The Hall–Kier alpha value is -1.62. The van der Waals surface area contributed by atoms with Crippen molar-refractivity contribution in [3.63, 3.8) is 0 Å². The molecule has 1 aromatic rings. The molecule has 0 radical (unpaired) electrons. The third-order valence-corrected chi connectivity index (χ3v) is 2.45. The number of anilines is 1. The van der Waals surface area contributed by atoms with Gasteiger partial charge in [0.25, 0.3) is 5.56 Å². The van der Waals surface area contributed by atoms with Gasteiger partial charge < -0.3 is 15.0 Å². The third-order valence-electron chi connectivity index (χ3n) is 2.45. The second kappa shape index (κ2) is 6.20. The molecule has 0 atom stereocenters. The highest BCUT2D eigenvalue weighted by molar-refractivity contribution is 5.88. The number of rotatable bonds is 5. The topological polar surface area (TPSA) is 71.2 Å². The summed E-state index contributed by atoms with van der Waals surface area (Å²) < 4.78 is 4.98. The number of amides is 1. The maximum atomic E-state index is 11.6. The number of aromatic amines is 1. The van der Waals surface area contributed by atoms with E-state index in [1.807, 2.05) is 6.92 Å². The van der Waals surface area contributed by atoms with Crippen molar-refractivity contribution in [3.05, 3.63) is 27.7 Å². The van der Waals surface area contributed by atoms with E-state index in [1.165, 1.54) is 6.92 Å². The number of carbonyl (C=O) groups is 1. The summed E-state index contributed by atoms with van der Waals surface area (Å²) >= 11 is 0. The number of hydrogen-bond donors (Lipinski definition) is 2. The van der Waals surface area contributed by atoms with Crippen molar-refractivity contribution in [1.82, 2.24) is 4.98 Å². The van der Waals surface area contributed by atoms with Crippen molar-refractivity contribution in [3.8, 4) is 0 Å². The highest BCUT2D eigenvalue weighted by atomic mass is 16.5.